The number of rotatable bonds is 5. The molecule has 0 spiro atoms. The largest absolute Gasteiger partial charge is 0.379 e. The van der Waals surface area contributed by atoms with Gasteiger partial charge in [0.15, 0.2) is 0 Å². The highest BCUT2D eigenvalue weighted by Crippen LogP contribution is 2.26. The number of nitrogens with zero attached hydrogens (tertiary/aromatic N) is 2. The first-order valence-corrected chi connectivity index (χ1v) is 6.16. The van der Waals surface area contributed by atoms with Crippen molar-refractivity contribution < 1.29 is 14.6 Å². The van der Waals surface area contributed by atoms with Gasteiger partial charge in [0.25, 0.3) is 11.4 Å². The number of nitro groups is 2. The maximum absolute atomic E-state index is 11.0. The van der Waals surface area contributed by atoms with Crippen molar-refractivity contribution in [1.29, 1.82) is 0 Å². The Kier molecular flexibility index (Phi) is 3.96. The van der Waals surface area contributed by atoms with Crippen LogP contribution in [0.3, 0.4) is 0 Å². The second kappa shape index (κ2) is 5.51. The minimum atomic E-state index is -0.643. The van der Waals surface area contributed by atoms with Crippen LogP contribution in [0, 0.1) is 20.2 Å². The topological polar surface area (TPSA) is 108 Å². The van der Waals surface area contributed by atoms with E-state index in [1.807, 2.05) is 6.92 Å². The van der Waals surface area contributed by atoms with E-state index in [1.165, 1.54) is 12.1 Å². The van der Waals surface area contributed by atoms with E-state index < -0.39 is 9.85 Å². The summed E-state index contributed by atoms with van der Waals surface area (Å²) in [5.74, 6) is 0. The molecular weight excluding hydrogens is 266 g/mol. The highest BCUT2D eigenvalue weighted by Gasteiger charge is 2.30. The van der Waals surface area contributed by atoms with Crippen molar-refractivity contribution in [3.05, 3.63) is 44.0 Å². The van der Waals surface area contributed by atoms with Gasteiger partial charge in [0.05, 0.1) is 22.5 Å². The van der Waals surface area contributed by atoms with Gasteiger partial charge in [-0.25, -0.2) is 0 Å². The first-order chi connectivity index (χ1) is 9.41. The first-order valence-electron chi connectivity index (χ1n) is 6.16. The molecule has 20 heavy (non-hydrogen) atoms. The molecule has 0 aromatic heterocycles. The molecule has 1 aromatic carbocycles. The van der Waals surface area contributed by atoms with Gasteiger partial charge in [0.1, 0.15) is 0 Å². The van der Waals surface area contributed by atoms with Gasteiger partial charge in [-0.1, -0.05) is 0 Å². The quantitative estimate of drug-likeness (QED) is 0.651. The zero-order chi connectivity index (χ0) is 14.8. The summed E-state index contributed by atoms with van der Waals surface area (Å²) in [5.41, 5.74) is -0.311. The number of nitro benzene ring substituents is 2. The molecule has 0 amide bonds. The van der Waals surface area contributed by atoms with E-state index in [-0.39, 0.29) is 23.5 Å². The van der Waals surface area contributed by atoms with Gasteiger partial charge in [-0.15, -0.1) is 0 Å². The smallest absolute Gasteiger partial charge is 0.280 e. The molecule has 1 heterocycles. The molecule has 1 aliphatic rings. The summed E-state index contributed by atoms with van der Waals surface area (Å²) in [4.78, 5) is 20.4. The SMILES string of the molecule is CC1(NCc2ccc([N+](=O)[O-])cc2[N+](=O)[O-])CCOC1. The minimum Gasteiger partial charge on any atom is -0.379 e. The molecule has 0 bridgehead atoms. The molecule has 8 nitrogen and oxygen atoms in total. The molecule has 108 valence electrons. The molecule has 1 saturated heterocycles. The molecule has 1 aliphatic heterocycles. The van der Waals surface area contributed by atoms with Crippen LogP contribution in [0.2, 0.25) is 0 Å². The molecule has 8 heteroatoms. The average Bonchev–Trinajstić information content (AvgIpc) is 2.83. The second-order valence-electron chi connectivity index (χ2n) is 5.04. The van der Waals surface area contributed by atoms with Gasteiger partial charge in [0.2, 0.25) is 0 Å². The lowest BCUT2D eigenvalue weighted by atomic mass is 10.0. The molecular formula is C12H15N3O5. The van der Waals surface area contributed by atoms with Crippen molar-refractivity contribution in [2.75, 3.05) is 13.2 Å². The number of hydrogen-bond acceptors (Lipinski definition) is 6. The van der Waals surface area contributed by atoms with Crippen LogP contribution in [0.15, 0.2) is 18.2 Å². The van der Waals surface area contributed by atoms with Crippen LogP contribution in [-0.4, -0.2) is 28.6 Å². The third kappa shape index (κ3) is 3.09. The van der Waals surface area contributed by atoms with Crippen molar-refractivity contribution in [3.63, 3.8) is 0 Å². The minimum absolute atomic E-state index is 0.213. The molecule has 1 atom stereocenters. The van der Waals surface area contributed by atoms with Gasteiger partial charge in [-0.05, 0) is 19.4 Å². The van der Waals surface area contributed by atoms with Gasteiger partial charge < -0.3 is 10.1 Å². The van der Waals surface area contributed by atoms with Crippen LogP contribution >= 0.6 is 0 Å². The maximum Gasteiger partial charge on any atom is 0.280 e. The van der Waals surface area contributed by atoms with Crippen molar-refractivity contribution in [2.45, 2.75) is 25.4 Å². The Morgan fingerprint density at radius 2 is 2.10 bits per heavy atom. The summed E-state index contributed by atoms with van der Waals surface area (Å²) in [7, 11) is 0. The fourth-order valence-electron chi connectivity index (χ4n) is 2.10. The zero-order valence-corrected chi connectivity index (χ0v) is 11.0. The summed E-state index contributed by atoms with van der Waals surface area (Å²) >= 11 is 0. The van der Waals surface area contributed by atoms with Gasteiger partial charge in [-0.3, -0.25) is 20.2 Å². The molecule has 1 N–H and O–H groups in total. The normalized spacial score (nSPS) is 21.9. The number of non-ortho nitro benzene ring substituents is 1. The maximum atomic E-state index is 11.0. The summed E-state index contributed by atoms with van der Waals surface area (Å²) in [6.45, 7) is 3.46. The van der Waals surface area contributed by atoms with Gasteiger partial charge in [-0.2, -0.15) is 0 Å². The third-order valence-corrected chi connectivity index (χ3v) is 3.40. The second-order valence-corrected chi connectivity index (χ2v) is 5.04. The first kappa shape index (κ1) is 14.4. The van der Waals surface area contributed by atoms with Crippen LogP contribution in [0.25, 0.3) is 0 Å². The number of benzene rings is 1. The molecule has 0 radical (unpaired) electrons. The Morgan fingerprint density at radius 3 is 2.65 bits per heavy atom. The predicted octanol–water partition coefficient (Wildman–Crippen LogP) is 1.77. The zero-order valence-electron chi connectivity index (χ0n) is 11.0. The lowest BCUT2D eigenvalue weighted by Crippen LogP contribution is -2.42. The molecule has 0 aliphatic carbocycles. The number of ether oxygens (including phenoxy) is 1. The van der Waals surface area contributed by atoms with Crippen LogP contribution in [0.5, 0.6) is 0 Å². The van der Waals surface area contributed by atoms with Crippen LogP contribution in [-0.2, 0) is 11.3 Å². The van der Waals surface area contributed by atoms with Crippen LogP contribution in [0.1, 0.15) is 18.9 Å². The summed E-state index contributed by atoms with van der Waals surface area (Å²) in [6.07, 6.45) is 0.827. The van der Waals surface area contributed by atoms with E-state index in [0.29, 0.717) is 18.8 Å². The van der Waals surface area contributed by atoms with E-state index in [1.54, 1.807) is 0 Å². The Hall–Kier alpha value is -2.06. The Bertz CT molecular complexity index is 540. The Balaban J connectivity index is 2.18. The monoisotopic (exact) mass is 281 g/mol. The van der Waals surface area contributed by atoms with E-state index in [9.17, 15) is 20.2 Å². The summed E-state index contributed by atoms with van der Waals surface area (Å²) in [6, 6.07) is 3.68. The van der Waals surface area contributed by atoms with Crippen LogP contribution in [0.4, 0.5) is 11.4 Å². The highest BCUT2D eigenvalue weighted by molar-refractivity contribution is 5.49. The standard InChI is InChI=1S/C12H15N3O5/c1-12(4-5-20-8-12)13-7-9-2-3-10(14(16)17)6-11(9)15(18)19/h2-3,6,13H,4-5,7-8H2,1H3. The van der Waals surface area contributed by atoms with Crippen molar-refractivity contribution >= 4 is 11.4 Å². The van der Waals surface area contributed by atoms with Gasteiger partial charge >= 0.3 is 0 Å². The molecule has 0 saturated carbocycles. The Labute approximate surface area is 115 Å². The molecule has 1 aromatic rings. The average molecular weight is 281 g/mol. The van der Waals surface area contributed by atoms with Crippen molar-refractivity contribution in [1.82, 2.24) is 5.32 Å². The lowest BCUT2D eigenvalue weighted by molar-refractivity contribution is -0.394. The Morgan fingerprint density at radius 1 is 1.35 bits per heavy atom. The van der Waals surface area contributed by atoms with E-state index in [4.69, 9.17) is 4.74 Å². The fourth-order valence-corrected chi connectivity index (χ4v) is 2.10. The third-order valence-electron chi connectivity index (χ3n) is 3.40. The number of hydrogen-bond donors (Lipinski definition) is 1. The van der Waals surface area contributed by atoms with Gasteiger partial charge in [0, 0.05) is 30.3 Å². The molecule has 1 fully saturated rings. The van der Waals surface area contributed by atoms with Crippen molar-refractivity contribution in [3.8, 4) is 0 Å². The summed E-state index contributed by atoms with van der Waals surface area (Å²) < 4.78 is 5.29. The van der Waals surface area contributed by atoms with E-state index in [2.05, 4.69) is 5.32 Å². The highest BCUT2D eigenvalue weighted by atomic mass is 16.6. The summed E-state index contributed by atoms with van der Waals surface area (Å²) in [5, 5.41) is 24.9. The van der Waals surface area contributed by atoms with E-state index in [0.717, 1.165) is 12.5 Å². The van der Waals surface area contributed by atoms with E-state index >= 15 is 0 Å². The molecule has 2 rings (SSSR count). The van der Waals surface area contributed by atoms with Crippen LogP contribution < -0.4 is 5.32 Å². The lowest BCUT2D eigenvalue weighted by Gasteiger charge is -2.23. The number of nitrogens with one attached hydrogen (secondary N) is 1. The van der Waals surface area contributed by atoms with Crippen molar-refractivity contribution in [2.24, 2.45) is 0 Å². The fraction of sp³-hybridized carbons (Fsp3) is 0.500. The molecule has 1 unspecified atom stereocenters. The predicted molar refractivity (Wildman–Crippen MR) is 70.4 cm³/mol.